The maximum atomic E-state index is 15.1. The number of aliphatic hydroxyl groups is 1. The van der Waals surface area contributed by atoms with E-state index in [0.29, 0.717) is 22.4 Å². The van der Waals surface area contributed by atoms with Crippen LogP contribution < -0.4 is 0 Å². The fourth-order valence-electron chi connectivity index (χ4n) is 5.01. The van der Waals surface area contributed by atoms with Crippen LogP contribution in [0.25, 0.3) is 33.2 Å². The van der Waals surface area contributed by atoms with Crippen LogP contribution in [-0.4, -0.2) is 42.9 Å². The number of ether oxygens (including phenoxy) is 1. The molecule has 7 nitrogen and oxygen atoms in total. The Morgan fingerprint density at radius 3 is 2.74 bits per heavy atom. The lowest BCUT2D eigenvalue weighted by Gasteiger charge is -2.30. The van der Waals surface area contributed by atoms with Gasteiger partial charge in [0.15, 0.2) is 0 Å². The van der Waals surface area contributed by atoms with Crippen LogP contribution in [-0.2, 0) is 18.4 Å². The van der Waals surface area contributed by atoms with E-state index < -0.39 is 0 Å². The summed E-state index contributed by atoms with van der Waals surface area (Å²) in [6, 6.07) is 5.23. The Kier molecular flexibility index (Phi) is 4.98. The summed E-state index contributed by atoms with van der Waals surface area (Å²) in [7, 11) is 1.85. The molecule has 3 aromatic heterocycles. The third-order valence-electron chi connectivity index (χ3n) is 6.61. The highest BCUT2D eigenvalue weighted by Gasteiger charge is 2.28. The predicted molar refractivity (Wildman–Crippen MR) is 116 cm³/mol. The van der Waals surface area contributed by atoms with Crippen molar-refractivity contribution in [3.05, 3.63) is 41.5 Å². The van der Waals surface area contributed by atoms with E-state index in [-0.39, 0.29) is 18.5 Å². The van der Waals surface area contributed by atoms with E-state index in [4.69, 9.17) is 9.72 Å². The smallest absolute Gasteiger partial charge is 0.134 e. The van der Waals surface area contributed by atoms with Gasteiger partial charge in [0.2, 0.25) is 0 Å². The Balaban J connectivity index is 1.83. The lowest BCUT2D eigenvalue weighted by Crippen LogP contribution is -2.24. The van der Waals surface area contributed by atoms with Crippen molar-refractivity contribution in [2.45, 2.75) is 39.3 Å². The Morgan fingerprint density at radius 2 is 2.06 bits per heavy atom. The molecule has 0 amide bonds. The fourth-order valence-corrected chi connectivity index (χ4v) is 5.01. The fraction of sp³-hybridized carbons (Fsp3) is 0.435. The molecule has 1 aromatic carbocycles. The van der Waals surface area contributed by atoms with Crippen LogP contribution in [0.4, 0.5) is 4.39 Å². The summed E-state index contributed by atoms with van der Waals surface area (Å²) in [5.41, 5.74) is 5.46. The van der Waals surface area contributed by atoms with Crippen molar-refractivity contribution in [3.8, 4) is 11.3 Å². The van der Waals surface area contributed by atoms with Crippen molar-refractivity contribution >= 4 is 21.9 Å². The molecule has 8 heteroatoms. The number of fused-ring (bicyclic) bond motifs is 3. The summed E-state index contributed by atoms with van der Waals surface area (Å²) < 4.78 is 24.5. The molecule has 0 bridgehead atoms. The summed E-state index contributed by atoms with van der Waals surface area (Å²) in [6.45, 7) is 5.39. The van der Waals surface area contributed by atoms with E-state index in [1.54, 1.807) is 16.9 Å². The molecular formula is C23H26FN5O2. The van der Waals surface area contributed by atoms with E-state index in [2.05, 4.69) is 21.8 Å². The SMILES string of the molecule is Cc1nnn(C)c1-c1cnc2c3c(F)ccc(CO)c3n(C(C)C3CCOCC3)c2c1. The van der Waals surface area contributed by atoms with Crippen LogP contribution in [0, 0.1) is 18.7 Å². The molecule has 1 aliphatic rings. The van der Waals surface area contributed by atoms with Gasteiger partial charge in [-0.3, -0.25) is 4.98 Å². The zero-order valence-electron chi connectivity index (χ0n) is 18.0. The molecule has 1 fully saturated rings. The molecule has 162 valence electrons. The summed E-state index contributed by atoms with van der Waals surface area (Å²) >= 11 is 0. The van der Waals surface area contributed by atoms with Crippen LogP contribution in [0.1, 0.15) is 37.1 Å². The second kappa shape index (κ2) is 7.69. The van der Waals surface area contributed by atoms with Crippen molar-refractivity contribution in [2.75, 3.05) is 13.2 Å². The molecule has 0 saturated carbocycles. The van der Waals surface area contributed by atoms with Gasteiger partial charge in [-0.25, -0.2) is 9.07 Å². The Labute approximate surface area is 179 Å². The van der Waals surface area contributed by atoms with Crippen molar-refractivity contribution in [1.29, 1.82) is 0 Å². The van der Waals surface area contributed by atoms with Gasteiger partial charge < -0.3 is 14.4 Å². The standard InChI is InChI=1S/C23H26FN5O2/c1-13-22(28(3)27-26-13)17-10-19-21(25-11-17)20-18(24)5-4-16(12-30)23(20)29(19)14(2)15-6-8-31-9-7-15/h4-5,10-11,14-15,30H,6-9,12H2,1-3H3. The molecule has 1 N–H and O–H groups in total. The van der Waals surface area contributed by atoms with E-state index >= 15 is 4.39 Å². The van der Waals surface area contributed by atoms with Crippen molar-refractivity contribution < 1.29 is 14.2 Å². The highest BCUT2D eigenvalue weighted by Crippen LogP contribution is 2.40. The summed E-state index contributed by atoms with van der Waals surface area (Å²) in [6.07, 6.45) is 3.65. The molecule has 1 atom stereocenters. The van der Waals surface area contributed by atoms with Crippen LogP contribution in [0.15, 0.2) is 24.4 Å². The average Bonchev–Trinajstić information content (AvgIpc) is 3.31. The van der Waals surface area contributed by atoms with Crippen molar-refractivity contribution in [3.63, 3.8) is 0 Å². The zero-order valence-corrected chi connectivity index (χ0v) is 18.0. The summed E-state index contributed by atoms with van der Waals surface area (Å²) in [5, 5.41) is 18.8. The number of hydrogen-bond donors (Lipinski definition) is 1. The van der Waals surface area contributed by atoms with Crippen molar-refractivity contribution in [2.24, 2.45) is 13.0 Å². The lowest BCUT2D eigenvalue weighted by atomic mass is 9.92. The number of nitrogens with zero attached hydrogens (tertiary/aromatic N) is 5. The second-order valence-electron chi connectivity index (χ2n) is 8.39. The van der Waals surface area contributed by atoms with Gasteiger partial charge in [0, 0.05) is 43.6 Å². The summed E-state index contributed by atoms with van der Waals surface area (Å²) in [4.78, 5) is 4.70. The number of rotatable bonds is 4. The van der Waals surface area contributed by atoms with Gasteiger partial charge >= 0.3 is 0 Å². The molecule has 1 unspecified atom stereocenters. The van der Waals surface area contributed by atoms with Gasteiger partial charge in [0.1, 0.15) is 5.82 Å². The van der Waals surface area contributed by atoms with Crippen molar-refractivity contribution in [1.82, 2.24) is 24.5 Å². The molecule has 0 radical (unpaired) electrons. The average molecular weight is 423 g/mol. The molecule has 4 heterocycles. The van der Waals surface area contributed by atoms with E-state index in [9.17, 15) is 5.11 Å². The Hall–Kier alpha value is -2.84. The first kappa shape index (κ1) is 20.1. The molecule has 31 heavy (non-hydrogen) atoms. The number of pyridine rings is 1. The maximum Gasteiger partial charge on any atom is 0.134 e. The van der Waals surface area contributed by atoms with Gasteiger partial charge in [-0.2, -0.15) is 0 Å². The zero-order chi connectivity index (χ0) is 21.7. The maximum absolute atomic E-state index is 15.1. The first-order valence-corrected chi connectivity index (χ1v) is 10.7. The van der Waals surface area contributed by atoms with E-state index in [0.717, 1.165) is 54.0 Å². The number of aliphatic hydroxyl groups excluding tert-OH is 1. The number of benzene rings is 1. The third-order valence-corrected chi connectivity index (χ3v) is 6.61. The van der Waals surface area contributed by atoms with Crippen LogP contribution >= 0.6 is 0 Å². The largest absolute Gasteiger partial charge is 0.392 e. The monoisotopic (exact) mass is 423 g/mol. The number of halogens is 1. The van der Waals surface area contributed by atoms with Crippen LogP contribution in [0.5, 0.6) is 0 Å². The highest BCUT2D eigenvalue weighted by molar-refractivity contribution is 6.08. The van der Waals surface area contributed by atoms with Crippen LogP contribution in [0.2, 0.25) is 0 Å². The lowest BCUT2D eigenvalue weighted by molar-refractivity contribution is 0.0524. The molecule has 4 aromatic rings. The van der Waals surface area contributed by atoms with E-state index in [1.165, 1.54) is 6.07 Å². The number of aryl methyl sites for hydroxylation is 2. The Morgan fingerprint density at radius 1 is 1.29 bits per heavy atom. The van der Waals surface area contributed by atoms with Gasteiger partial charge in [-0.15, -0.1) is 5.10 Å². The van der Waals surface area contributed by atoms with E-state index in [1.807, 2.05) is 20.0 Å². The Bertz CT molecular complexity index is 1250. The summed E-state index contributed by atoms with van der Waals surface area (Å²) in [5.74, 6) is 0.0693. The minimum absolute atomic E-state index is 0.0961. The molecule has 5 rings (SSSR count). The molecular weight excluding hydrogens is 397 g/mol. The number of aromatic nitrogens is 5. The van der Waals surface area contributed by atoms with Gasteiger partial charge in [-0.1, -0.05) is 11.3 Å². The predicted octanol–water partition coefficient (Wildman–Crippen LogP) is 3.91. The minimum atomic E-state index is -0.325. The normalized spacial score (nSPS) is 16.4. The molecule has 1 saturated heterocycles. The minimum Gasteiger partial charge on any atom is -0.392 e. The van der Waals surface area contributed by atoms with Gasteiger partial charge in [0.25, 0.3) is 0 Å². The number of hydrogen-bond acceptors (Lipinski definition) is 5. The topological polar surface area (TPSA) is 78.0 Å². The molecule has 0 spiro atoms. The first-order chi connectivity index (χ1) is 15.0. The first-order valence-electron chi connectivity index (χ1n) is 10.7. The molecule has 0 aliphatic carbocycles. The van der Waals surface area contributed by atoms with Gasteiger partial charge in [-0.05, 0) is 44.7 Å². The second-order valence-corrected chi connectivity index (χ2v) is 8.39. The van der Waals surface area contributed by atoms with Crippen LogP contribution in [0.3, 0.4) is 0 Å². The van der Waals surface area contributed by atoms with Gasteiger partial charge in [0.05, 0.1) is 39.9 Å². The molecule has 1 aliphatic heterocycles. The highest BCUT2D eigenvalue weighted by atomic mass is 19.1. The third kappa shape index (κ3) is 3.13. The quantitative estimate of drug-likeness (QED) is 0.538.